The van der Waals surface area contributed by atoms with Crippen molar-refractivity contribution >= 4 is 44.2 Å². The normalized spacial score (nSPS) is 11.1. The summed E-state index contributed by atoms with van der Waals surface area (Å²) in [5.74, 6) is -2.28. The molecule has 0 aliphatic rings. The van der Waals surface area contributed by atoms with E-state index in [1.807, 2.05) is 0 Å². The molecule has 0 N–H and O–H groups in total. The van der Waals surface area contributed by atoms with Gasteiger partial charge in [0.1, 0.15) is 20.5 Å². The topological polar surface area (TPSA) is 95.7 Å². The zero-order chi connectivity index (χ0) is 16.4. The molecule has 0 saturated carbocycles. The monoisotopic (exact) mass is 371 g/mol. The number of rotatable bonds is 5. The summed E-state index contributed by atoms with van der Waals surface area (Å²) < 4.78 is 8.70. The SMILES string of the molecule is [CH]COC(=O)c1sc([N+](=O)[O-])c(Br)c1C(=O)OC([CH])([CH])[CH]. The Bertz CT molecular complexity index is 589. The number of carbonyl (C=O) groups is 2. The number of ether oxygens (including phenoxy) is 2. The number of esters is 2. The van der Waals surface area contributed by atoms with Gasteiger partial charge in [-0.1, -0.05) is 11.3 Å². The second-order valence-electron chi connectivity index (χ2n) is 3.52. The second kappa shape index (κ2) is 6.52. The molecule has 0 fully saturated rings. The predicted octanol–water partition coefficient (Wildman–Crippen LogP) is 2.32. The highest BCUT2D eigenvalue weighted by atomic mass is 79.9. The maximum absolute atomic E-state index is 11.9. The summed E-state index contributed by atoms with van der Waals surface area (Å²) in [6.07, 6.45) is 0. The first kappa shape index (κ1) is 17.6. The summed E-state index contributed by atoms with van der Waals surface area (Å²) in [6.45, 7) is 19.9. The van der Waals surface area contributed by atoms with Gasteiger partial charge in [0.15, 0.2) is 0 Å². The van der Waals surface area contributed by atoms with Crippen LogP contribution in [0, 0.1) is 37.8 Å². The Balaban J connectivity index is 3.36. The van der Waals surface area contributed by atoms with Crippen molar-refractivity contribution in [3.63, 3.8) is 0 Å². The summed E-state index contributed by atoms with van der Waals surface area (Å²) in [5, 5.41) is 10.3. The van der Waals surface area contributed by atoms with Gasteiger partial charge in [-0.15, -0.1) is 0 Å². The van der Waals surface area contributed by atoms with E-state index in [9.17, 15) is 19.7 Å². The molecular formula is C12H6BrNO6S. The predicted molar refractivity (Wildman–Crippen MR) is 74.3 cm³/mol. The van der Waals surface area contributed by atoms with Gasteiger partial charge >= 0.3 is 16.9 Å². The third kappa shape index (κ3) is 4.24. The largest absolute Gasteiger partial charge is 0.461 e. The van der Waals surface area contributed by atoms with Crippen LogP contribution in [-0.2, 0) is 9.47 Å². The van der Waals surface area contributed by atoms with Crippen molar-refractivity contribution in [1.82, 2.24) is 0 Å². The highest BCUT2D eigenvalue weighted by Gasteiger charge is 2.35. The third-order valence-corrected chi connectivity index (χ3v) is 4.03. The van der Waals surface area contributed by atoms with E-state index in [0.29, 0.717) is 11.3 Å². The quantitative estimate of drug-likeness (QED) is 0.447. The molecule has 0 aromatic carbocycles. The first-order valence-corrected chi connectivity index (χ1v) is 6.63. The van der Waals surface area contributed by atoms with Gasteiger partial charge in [-0.3, -0.25) is 10.1 Å². The summed E-state index contributed by atoms with van der Waals surface area (Å²) in [5.41, 5.74) is -2.79. The first-order chi connectivity index (χ1) is 9.58. The molecule has 8 radical (unpaired) electrons. The smallest absolute Gasteiger partial charge is 0.349 e. The Hall–Kier alpha value is -1.48. The summed E-state index contributed by atoms with van der Waals surface area (Å²) in [7, 11) is 0. The van der Waals surface area contributed by atoms with Crippen molar-refractivity contribution in [3.8, 4) is 0 Å². The zero-order valence-electron chi connectivity index (χ0n) is 10.2. The van der Waals surface area contributed by atoms with Gasteiger partial charge in [0.05, 0.1) is 11.5 Å². The summed E-state index contributed by atoms with van der Waals surface area (Å²) in [6, 6.07) is 0. The van der Waals surface area contributed by atoms with Gasteiger partial charge in [0, 0.05) is 27.7 Å². The number of nitro groups is 1. The van der Waals surface area contributed by atoms with Crippen LogP contribution in [0.1, 0.15) is 20.0 Å². The van der Waals surface area contributed by atoms with Crippen molar-refractivity contribution in [2.45, 2.75) is 5.60 Å². The summed E-state index contributed by atoms with van der Waals surface area (Å²) >= 11 is 3.23. The number of hydrogen-bond donors (Lipinski definition) is 0. The van der Waals surface area contributed by atoms with Crippen molar-refractivity contribution < 1.29 is 24.0 Å². The minimum absolute atomic E-state index is 0.282. The molecule has 0 aliphatic carbocycles. The molecule has 1 rings (SSSR count). The minimum atomic E-state index is -2.32. The van der Waals surface area contributed by atoms with Gasteiger partial charge in [-0.25, -0.2) is 9.59 Å². The van der Waals surface area contributed by atoms with Crippen molar-refractivity contribution in [2.75, 3.05) is 6.61 Å². The number of thiophene rings is 1. The van der Waals surface area contributed by atoms with Gasteiger partial charge in [-0.05, 0) is 15.9 Å². The fraction of sp³-hybridized carbons (Fsp3) is 0.167. The van der Waals surface area contributed by atoms with E-state index in [1.54, 1.807) is 0 Å². The molecule has 1 aromatic rings. The standard InChI is InChI=1S/C12H6BrNO6S/c1-5-19-11(16)8-6(10(15)20-12(2,3)4)7(13)9(21-8)14(17)18/h1-4H,5H2. The molecule has 9 heteroatoms. The molecule has 0 atom stereocenters. The van der Waals surface area contributed by atoms with Crippen molar-refractivity contribution in [2.24, 2.45) is 0 Å². The van der Waals surface area contributed by atoms with E-state index in [-0.39, 0.29) is 4.47 Å². The van der Waals surface area contributed by atoms with Crippen LogP contribution in [0.25, 0.3) is 0 Å². The Morgan fingerprint density at radius 3 is 2.33 bits per heavy atom. The second-order valence-corrected chi connectivity index (χ2v) is 5.32. The molecule has 1 aromatic heterocycles. The van der Waals surface area contributed by atoms with Crippen LogP contribution in [0.2, 0.25) is 0 Å². The summed E-state index contributed by atoms with van der Waals surface area (Å²) in [4.78, 5) is 33.2. The average molecular weight is 372 g/mol. The van der Waals surface area contributed by atoms with Crippen LogP contribution in [-0.4, -0.2) is 29.1 Å². The minimum Gasteiger partial charge on any atom is -0.461 e. The van der Waals surface area contributed by atoms with Gasteiger partial charge in [-0.2, -0.15) is 0 Å². The lowest BCUT2D eigenvalue weighted by Crippen LogP contribution is -2.26. The number of hydrogen-bond acceptors (Lipinski definition) is 7. The molecule has 1 heterocycles. The lowest BCUT2D eigenvalue weighted by Gasteiger charge is -2.18. The van der Waals surface area contributed by atoms with Crippen LogP contribution in [0.3, 0.4) is 0 Å². The lowest BCUT2D eigenvalue weighted by molar-refractivity contribution is -0.381. The Morgan fingerprint density at radius 2 is 1.90 bits per heavy atom. The highest BCUT2D eigenvalue weighted by molar-refractivity contribution is 9.10. The molecule has 7 nitrogen and oxygen atoms in total. The van der Waals surface area contributed by atoms with Gasteiger partial charge in [0.25, 0.3) is 0 Å². The fourth-order valence-corrected chi connectivity index (χ4v) is 2.96. The first-order valence-electron chi connectivity index (χ1n) is 5.02. The maximum Gasteiger partial charge on any atom is 0.349 e. The third-order valence-electron chi connectivity index (χ3n) is 1.87. The molecule has 0 aliphatic heterocycles. The van der Waals surface area contributed by atoms with Gasteiger partial charge in [0.2, 0.25) is 0 Å². The number of carbonyl (C=O) groups excluding carboxylic acids is 2. The van der Waals surface area contributed by atoms with E-state index >= 15 is 0 Å². The Labute approximate surface area is 133 Å². The van der Waals surface area contributed by atoms with Crippen LogP contribution in [0.5, 0.6) is 0 Å². The fourth-order valence-electron chi connectivity index (χ4n) is 1.20. The highest BCUT2D eigenvalue weighted by Crippen LogP contribution is 2.40. The molecule has 0 unspecified atom stereocenters. The molecule has 0 amide bonds. The van der Waals surface area contributed by atoms with Gasteiger partial charge < -0.3 is 9.47 Å². The van der Waals surface area contributed by atoms with Crippen LogP contribution < -0.4 is 0 Å². The van der Waals surface area contributed by atoms with Crippen LogP contribution >= 0.6 is 27.3 Å². The molecule has 0 spiro atoms. The van der Waals surface area contributed by atoms with Crippen molar-refractivity contribution in [1.29, 1.82) is 0 Å². The van der Waals surface area contributed by atoms with E-state index in [1.165, 1.54) is 0 Å². The number of halogens is 1. The van der Waals surface area contributed by atoms with E-state index in [0.717, 1.165) is 0 Å². The lowest BCUT2D eigenvalue weighted by atomic mass is 10.2. The molecule has 0 saturated heterocycles. The van der Waals surface area contributed by atoms with Crippen molar-refractivity contribution in [3.05, 3.63) is 52.7 Å². The Morgan fingerprint density at radius 1 is 1.33 bits per heavy atom. The average Bonchev–Trinajstić information content (AvgIpc) is 2.65. The molecule has 0 bridgehead atoms. The molecule has 108 valence electrons. The van der Waals surface area contributed by atoms with E-state index in [4.69, 9.17) is 27.7 Å². The molecule has 21 heavy (non-hydrogen) atoms. The maximum atomic E-state index is 11.9. The van der Waals surface area contributed by atoms with E-state index < -0.39 is 44.5 Å². The Kier molecular flexibility index (Phi) is 5.46. The molecular weight excluding hydrogens is 366 g/mol. The number of nitrogens with zero attached hydrogens (tertiary/aromatic N) is 1. The van der Waals surface area contributed by atoms with Crippen LogP contribution in [0.15, 0.2) is 4.47 Å². The van der Waals surface area contributed by atoms with Crippen LogP contribution in [0.4, 0.5) is 5.00 Å². The zero-order valence-corrected chi connectivity index (χ0v) is 12.6. The van der Waals surface area contributed by atoms with E-state index in [2.05, 4.69) is 25.4 Å².